The van der Waals surface area contributed by atoms with Gasteiger partial charge in [-0.25, -0.2) is 13.6 Å². The van der Waals surface area contributed by atoms with E-state index in [1.54, 1.807) is 60.7 Å². The lowest BCUT2D eigenvalue weighted by molar-refractivity contribution is -0.137. The molecule has 0 saturated heterocycles. The molecule has 4 rings (SSSR count). The van der Waals surface area contributed by atoms with Crippen LogP contribution in [0.2, 0.25) is 0 Å². The molecule has 0 saturated carbocycles. The second-order valence-corrected chi connectivity index (χ2v) is 11.6. The number of nitrogens with two attached hydrogens (primary N) is 1. The van der Waals surface area contributed by atoms with E-state index >= 15 is 0 Å². The van der Waals surface area contributed by atoms with Crippen molar-refractivity contribution >= 4 is 27.8 Å². The molecule has 222 valence electrons. The average Bonchev–Trinajstić information content (AvgIpc) is 3.01. The van der Waals surface area contributed by atoms with Crippen molar-refractivity contribution in [2.75, 3.05) is 13.1 Å². The summed E-state index contributed by atoms with van der Waals surface area (Å²) in [6.45, 7) is 2.05. The normalized spacial score (nSPS) is 11.9. The van der Waals surface area contributed by atoms with Crippen LogP contribution in [0.4, 0.5) is 0 Å². The molecule has 0 aliphatic rings. The van der Waals surface area contributed by atoms with Gasteiger partial charge in [0.2, 0.25) is 10.0 Å². The number of aliphatic carboxylic acids is 1. The molecule has 4 N–H and O–H groups in total. The van der Waals surface area contributed by atoms with E-state index in [0.717, 1.165) is 11.1 Å². The molecule has 0 aromatic heterocycles. The van der Waals surface area contributed by atoms with Crippen molar-refractivity contribution in [3.8, 4) is 11.1 Å². The number of nitrogens with zero attached hydrogens (tertiary/aromatic N) is 1. The summed E-state index contributed by atoms with van der Waals surface area (Å²) in [6, 6.07) is 29.3. The zero-order chi connectivity index (χ0) is 31.0. The number of benzene rings is 4. The van der Waals surface area contributed by atoms with E-state index in [2.05, 4.69) is 5.32 Å². The van der Waals surface area contributed by atoms with E-state index in [1.807, 2.05) is 37.3 Å². The number of carboxylic acid groups (broad SMARTS) is 1. The molecule has 10 heteroatoms. The first kappa shape index (κ1) is 31.1. The lowest BCUT2D eigenvalue weighted by Crippen LogP contribution is -2.35. The second-order valence-electron chi connectivity index (χ2n) is 10.1. The summed E-state index contributed by atoms with van der Waals surface area (Å²) in [4.78, 5) is 40.2. The third-order valence-corrected chi connectivity index (χ3v) is 8.00. The largest absolute Gasteiger partial charge is 0.481 e. The number of hydrogen-bond acceptors (Lipinski definition) is 5. The van der Waals surface area contributed by atoms with Crippen LogP contribution in [0.15, 0.2) is 108 Å². The van der Waals surface area contributed by atoms with Crippen LogP contribution in [-0.4, -0.2) is 49.3 Å². The van der Waals surface area contributed by atoms with E-state index in [-0.39, 0.29) is 42.3 Å². The number of sulfonamides is 1. The van der Waals surface area contributed by atoms with Gasteiger partial charge in [-0.2, -0.15) is 0 Å². The van der Waals surface area contributed by atoms with Gasteiger partial charge in [-0.3, -0.25) is 14.4 Å². The van der Waals surface area contributed by atoms with E-state index in [9.17, 15) is 27.9 Å². The highest BCUT2D eigenvalue weighted by molar-refractivity contribution is 7.89. The van der Waals surface area contributed by atoms with Crippen LogP contribution in [0.25, 0.3) is 11.1 Å². The van der Waals surface area contributed by atoms with Crippen molar-refractivity contribution in [1.29, 1.82) is 0 Å². The first-order valence-electron chi connectivity index (χ1n) is 13.7. The number of carbonyl (C=O) groups excluding carboxylic acids is 2. The van der Waals surface area contributed by atoms with Crippen molar-refractivity contribution < 1.29 is 27.9 Å². The van der Waals surface area contributed by atoms with Gasteiger partial charge in [0.25, 0.3) is 11.8 Å². The third kappa shape index (κ3) is 8.15. The molecule has 0 bridgehead atoms. The van der Waals surface area contributed by atoms with E-state index in [4.69, 9.17) is 5.14 Å². The van der Waals surface area contributed by atoms with Gasteiger partial charge < -0.3 is 15.3 Å². The van der Waals surface area contributed by atoms with Gasteiger partial charge in [0.15, 0.2) is 0 Å². The molecule has 9 nitrogen and oxygen atoms in total. The fourth-order valence-electron chi connectivity index (χ4n) is 4.75. The molecule has 0 radical (unpaired) electrons. The Morgan fingerprint density at radius 3 is 1.95 bits per heavy atom. The van der Waals surface area contributed by atoms with E-state index in [1.165, 1.54) is 17.0 Å². The minimum Gasteiger partial charge on any atom is -0.481 e. The number of rotatable bonds is 12. The number of nitrogens with one attached hydrogen (secondary N) is 1. The highest BCUT2D eigenvalue weighted by Crippen LogP contribution is 2.29. The Morgan fingerprint density at radius 2 is 1.35 bits per heavy atom. The van der Waals surface area contributed by atoms with Crippen LogP contribution in [0.3, 0.4) is 0 Å². The molecule has 4 aromatic carbocycles. The van der Waals surface area contributed by atoms with Crippen molar-refractivity contribution in [1.82, 2.24) is 10.2 Å². The monoisotopic (exact) mass is 599 g/mol. The number of carboxylic acids is 1. The molecule has 1 atom stereocenters. The van der Waals surface area contributed by atoms with Crippen LogP contribution in [0, 0.1) is 0 Å². The molecule has 1 unspecified atom stereocenters. The second kappa shape index (κ2) is 13.9. The summed E-state index contributed by atoms with van der Waals surface area (Å²) in [6.07, 6.45) is 0.101. The maximum absolute atomic E-state index is 13.9. The van der Waals surface area contributed by atoms with E-state index in [0.29, 0.717) is 28.7 Å². The van der Waals surface area contributed by atoms with Crippen molar-refractivity contribution in [3.63, 3.8) is 0 Å². The summed E-state index contributed by atoms with van der Waals surface area (Å²) < 4.78 is 23.2. The molecule has 0 spiro atoms. The maximum Gasteiger partial charge on any atom is 0.305 e. The van der Waals surface area contributed by atoms with Crippen molar-refractivity contribution in [3.05, 3.63) is 125 Å². The highest BCUT2D eigenvalue weighted by Gasteiger charge is 2.23. The minimum absolute atomic E-state index is 0.0233. The van der Waals surface area contributed by atoms with E-state index < -0.39 is 16.0 Å². The van der Waals surface area contributed by atoms with Gasteiger partial charge >= 0.3 is 5.97 Å². The Balaban J connectivity index is 1.61. The van der Waals surface area contributed by atoms with Crippen molar-refractivity contribution in [2.45, 2.75) is 30.7 Å². The molecule has 0 aliphatic carbocycles. The van der Waals surface area contributed by atoms with Crippen LogP contribution >= 0.6 is 0 Å². The first-order valence-corrected chi connectivity index (χ1v) is 15.3. The van der Waals surface area contributed by atoms with Crippen LogP contribution < -0.4 is 10.5 Å². The molecule has 0 aliphatic heterocycles. The minimum atomic E-state index is -3.84. The zero-order valence-electron chi connectivity index (χ0n) is 23.6. The molecule has 4 aromatic rings. The van der Waals surface area contributed by atoms with Crippen LogP contribution in [0.1, 0.15) is 51.2 Å². The Kier molecular flexibility index (Phi) is 10.1. The number of amides is 2. The lowest BCUT2D eigenvalue weighted by atomic mass is 9.94. The Hall–Kier alpha value is -4.80. The van der Waals surface area contributed by atoms with Gasteiger partial charge in [-0.1, -0.05) is 78.9 Å². The summed E-state index contributed by atoms with van der Waals surface area (Å²) in [7, 11) is -3.84. The van der Waals surface area contributed by atoms with Crippen LogP contribution in [0.5, 0.6) is 0 Å². The predicted octanol–water partition coefficient (Wildman–Crippen LogP) is 4.65. The fraction of sp³-hybridized carbons (Fsp3) is 0.182. The Labute approximate surface area is 251 Å². The summed E-state index contributed by atoms with van der Waals surface area (Å²) >= 11 is 0. The molecule has 0 heterocycles. The molecule has 2 amide bonds. The van der Waals surface area contributed by atoms with Crippen LogP contribution in [-0.2, 0) is 21.2 Å². The predicted molar refractivity (Wildman–Crippen MR) is 164 cm³/mol. The summed E-state index contributed by atoms with van der Waals surface area (Å²) in [5.41, 5.74) is 3.55. The molecule has 0 fully saturated rings. The highest BCUT2D eigenvalue weighted by atomic mass is 32.2. The summed E-state index contributed by atoms with van der Waals surface area (Å²) in [5, 5.41) is 17.6. The van der Waals surface area contributed by atoms with Gasteiger partial charge in [0.1, 0.15) is 0 Å². The fourth-order valence-corrected chi connectivity index (χ4v) is 5.26. The van der Waals surface area contributed by atoms with Crippen molar-refractivity contribution in [2.24, 2.45) is 5.14 Å². The molecule has 43 heavy (non-hydrogen) atoms. The lowest BCUT2D eigenvalue weighted by Gasteiger charge is -2.24. The number of carbonyl (C=O) groups is 3. The molecular formula is C33H33N3O6S. The topological polar surface area (TPSA) is 147 Å². The van der Waals surface area contributed by atoms with Gasteiger partial charge in [-0.15, -0.1) is 0 Å². The van der Waals surface area contributed by atoms with Gasteiger partial charge in [0, 0.05) is 24.2 Å². The maximum atomic E-state index is 13.9. The molecular weight excluding hydrogens is 566 g/mol. The van der Waals surface area contributed by atoms with Gasteiger partial charge in [-0.05, 0) is 59.9 Å². The zero-order valence-corrected chi connectivity index (χ0v) is 24.5. The average molecular weight is 600 g/mol. The number of hydrogen-bond donors (Lipinski definition) is 3. The standard InChI is InChI=1S/C33H33N3O6S/c1-23(25-9-3-2-4-10-25)35-32(39)29-13-7-5-11-27(29)28-12-6-8-14-30(28)33(40)36(22-20-31(37)38)21-19-24-15-17-26(18-16-24)43(34,41)42/h2-18,23H,19-22H2,1H3,(H,35,39)(H,37,38)(H2,34,41,42). The Bertz CT molecular complexity index is 1710. The van der Waals surface area contributed by atoms with Gasteiger partial charge in [0.05, 0.1) is 17.4 Å². The first-order chi connectivity index (χ1) is 20.5. The smallest absolute Gasteiger partial charge is 0.305 e. The summed E-state index contributed by atoms with van der Waals surface area (Å²) in [5.74, 6) is -1.72. The quantitative estimate of drug-likeness (QED) is 0.216. The third-order valence-electron chi connectivity index (χ3n) is 7.07. The Morgan fingerprint density at radius 1 is 0.791 bits per heavy atom. The SMILES string of the molecule is CC(NC(=O)c1ccccc1-c1ccccc1C(=O)N(CCC(=O)O)CCc1ccc(S(N)(=O)=O)cc1)c1ccccc1. The number of primary sulfonamides is 1.